The lowest BCUT2D eigenvalue weighted by Crippen LogP contribution is -2.43. The third-order valence-electron chi connectivity index (χ3n) is 2.22. The average molecular weight is 266 g/mol. The van der Waals surface area contributed by atoms with Crippen molar-refractivity contribution in [1.29, 1.82) is 0 Å². The normalized spacial score (nSPS) is 11.7. The zero-order valence-electron chi connectivity index (χ0n) is 10.6. The van der Waals surface area contributed by atoms with Crippen molar-refractivity contribution in [3.05, 3.63) is 35.9 Å². The predicted octanol–water partition coefficient (Wildman–Crippen LogP) is 1.52. The maximum Gasteiger partial charge on any atom is 0.253 e. The minimum absolute atomic E-state index is 0.166. The first-order valence-corrected chi connectivity index (χ1v) is 6.88. The van der Waals surface area contributed by atoms with Crippen LogP contribution in [0.5, 0.6) is 0 Å². The number of amides is 2. The molecule has 0 saturated carbocycles. The SMILES string of the molecule is CCS[C@H](NC(C)=O)C(=O)NCc1ccccc1. The Balaban J connectivity index is 2.48. The first kappa shape index (κ1) is 14.6. The zero-order chi connectivity index (χ0) is 13.4. The van der Waals surface area contributed by atoms with Gasteiger partial charge in [0.25, 0.3) is 5.91 Å². The highest BCUT2D eigenvalue weighted by atomic mass is 32.2. The minimum Gasteiger partial charge on any atom is -0.349 e. The number of hydrogen-bond acceptors (Lipinski definition) is 3. The largest absolute Gasteiger partial charge is 0.349 e. The molecule has 5 heteroatoms. The molecule has 0 bridgehead atoms. The summed E-state index contributed by atoms with van der Waals surface area (Å²) in [5.74, 6) is 0.403. The lowest BCUT2D eigenvalue weighted by atomic mass is 10.2. The van der Waals surface area contributed by atoms with E-state index < -0.39 is 5.37 Å². The predicted molar refractivity (Wildman–Crippen MR) is 74.0 cm³/mol. The third-order valence-corrected chi connectivity index (χ3v) is 3.21. The van der Waals surface area contributed by atoms with Crippen LogP contribution in [-0.4, -0.2) is 22.9 Å². The van der Waals surface area contributed by atoms with Crippen LogP contribution in [0.15, 0.2) is 30.3 Å². The number of nitrogens with one attached hydrogen (secondary N) is 2. The first-order chi connectivity index (χ1) is 8.63. The van der Waals surface area contributed by atoms with E-state index in [0.717, 1.165) is 11.3 Å². The van der Waals surface area contributed by atoms with Gasteiger partial charge in [-0.05, 0) is 11.3 Å². The third kappa shape index (κ3) is 5.23. The number of carbonyl (C=O) groups excluding carboxylic acids is 2. The van der Waals surface area contributed by atoms with E-state index in [0.29, 0.717) is 6.54 Å². The highest BCUT2D eigenvalue weighted by Gasteiger charge is 2.18. The molecule has 2 amide bonds. The van der Waals surface area contributed by atoms with Crippen LogP contribution in [0, 0.1) is 0 Å². The van der Waals surface area contributed by atoms with Gasteiger partial charge in [0.05, 0.1) is 0 Å². The number of hydrogen-bond donors (Lipinski definition) is 2. The summed E-state index contributed by atoms with van der Waals surface area (Å²) in [6.07, 6.45) is 0. The van der Waals surface area contributed by atoms with E-state index in [2.05, 4.69) is 10.6 Å². The Kier molecular flexibility index (Phi) is 6.28. The number of rotatable bonds is 6. The summed E-state index contributed by atoms with van der Waals surface area (Å²) in [7, 11) is 0. The van der Waals surface area contributed by atoms with Crippen LogP contribution < -0.4 is 10.6 Å². The Morgan fingerprint density at radius 3 is 2.50 bits per heavy atom. The van der Waals surface area contributed by atoms with Gasteiger partial charge in [-0.2, -0.15) is 0 Å². The summed E-state index contributed by atoms with van der Waals surface area (Å²) < 4.78 is 0. The smallest absolute Gasteiger partial charge is 0.253 e. The quantitative estimate of drug-likeness (QED) is 0.768. The van der Waals surface area contributed by atoms with Gasteiger partial charge in [-0.1, -0.05) is 37.3 Å². The summed E-state index contributed by atoms with van der Waals surface area (Å²) in [5, 5.41) is 4.93. The highest BCUT2D eigenvalue weighted by molar-refractivity contribution is 8.00. The molecule has 0 spiro atoms. The van der Waals surface area contributed by atoms with Crippen molar-refractivity contribution < 1.29 is 9.59 Å². The van der Waals surface area contributed by atoms with Gasteiger partial charge in [0.15, 0.2) is 5.37 Å². The molecule has 4 nitrogen and oxygen atoms in total. The van der Waals surface area contributed by atoms with Crippen LogP contribution in [0.1, 0.15) is 19.4 Å². The Hall–Kier alpha value is -1.49. The zero-order valence-corrected chi connectivity index (χ0v) is 11.4. The number of carbonyl (C=O) groups is 2. The van der Waals surface area contributed by atoms with Crippen molar-refractivity contribution in [2.24, 2.45) is 0 Å². The molecule has 0 aliphatic rings. The van der Waals surface area contributed by atoms with Crippen LogP contribution in [0.3, 0.4) is 0 Å². The molecule has 0 heterocycles. The Bertz CT molecular complexity index is 395. The van der Waals surface area contributed by atoms with Crippen molar-refractivity contribution in [2.75, 3.05) is 5.75 Å². The lowest BCUT2D eigenvalue weighted by molar-refractivity contribution is -0.126. The molecule has 0 fully saturated rings. The van der Waals surface area contributed by atoms with Gasteiger partial charge in [-0.3, -0.25) is 9.59 Å². The highest BCUT2D eigenvalue weighted by Crippen LogP contribution is 2.08. The van der Waals surface area contributed by atoms with Gasteiger partial charge in [0.1, 0.15) is 0 Å². The van der Waals surface area contributed by atoms with Crippen molar-refractivity contribution in [2.45, 2.75) is 25.8 Å². The van der Waals surface area contributed by atoms with E-state index >= 15 is 0 Å². The second kappa shape index (κ2) is 7.76. The van der Waals surface area contributed by atoms with Crippen LogP contribution in [0.4, 0.5) is 0 Å². The maximum atomic E-state index is 11.9. The summed E-state index contributed by atoms with van der Waals surface area (Å²) >= 11 is 1.40. The molecule has 0 aromatic heterocycles. The molecule has 1 aromatic rings. The fourth-order valence-electron chi connectivity index (χ4n) is 1.41. The second-order valence-electron chi connectivity index (χ2n) is 3.74. The van der Waals surface area contributed by atoms with E-state index in [9.17, 15) is 9.59 Å². The molecule has 0 aliphatic carbocycles. The minimum atomic E-state index is -0.517. The van der Waals surface area contributed by atoms with Crippen LogP contribution in [0.25, 0.3) is 0 Å². The van der Waals surface area contributed by atoms with E-state index in [1.807, 2.05) is 37.3 Å². The molecule has 0 unspecified atom stereocenters. The van der Waals surface area contributed by atoms with Crippen molar-refractivity contribution >= 4 is 23.6 Å². The molecule has 0 aliphatic heterocycles. The van der Waals surface area contributed by atoms with Crippen molar-refractivity contribution in [1.82, 2.24) is 10.6 Å². The maximum absolute atomic E-state index is 11.9. The van der Waals surface area contributed by atoms with E-state index in [4.69, 9.17) is 0 Å². The van der Waals surface area contributed by atoms with Gasteiger partial charge < -0.3 is 10.6 Å². The van der Waals surface area contributed by atoms with Crippen LogP contribution in [-0.2, 0) is 16.1 Å². The monoisotopic (exact) mass is 266 g/mol. The van der Waals surface area contributed by atoms with Gasteiger partial charge >= 0.3 is 0 Å². The summed E-state index contributed by atoms with van der Waals surface area (Å²) in [4.78, 5) is 22.9. The Morgan fingerprint density at radius 2 is 1.94 bits per heavy atom. The lowest BCUT2D eigenvalue weighted by Gasteiger charge is -2.16. The Morgan fingerprint density at radius 1 is 1.28 bits per heavy atom. The first-order valence-electron chi connectivity index (χ1n) is 5.83. The standard InChI is InChI=1S/C13H18N2O2S/c1-3-18-13(15-10(2)16)12(17)14-9-11-7-5-4-6-8-11/h4-8,13H,3,9H2,1-2H3,(H,14,17)(H,15,16)/t13-/m0/s1. The summed E-state index contributed by atoms with van der Waals surface area (Å²) in [6.45, 7) is 3.83. The summed E-state index contributed by atoms with van der Waals surface area (Å²) in [6, 6.07) is 9.67. The summed E-state index contributed by atoms with van der Waals surface area (Å²) in [5.41, 5.74) is 1.04. The fourth-order valence-corrected chi connectivity index (χ4v) is 2.23. The number of thioether (sulfide) groups is 1. The molecule has 1 atom stereocenters. The second-order valence-corrected chi connectivity index (χ2v) is 5.12. The van der Waals surface area contributed by atoms with E-state index in [1.165, 1.54) is 18.7 Å². The van der Waals surface area contributed by atoms with E-state index in [1.54, 1.807) is 0 Å². The Labute approximate surface area is 112 Å². The molecule has 1 rings (SSSR count). The molecule has 0 saturated heterocycles. The van der Waals surface area contributed by atoms with Gasteiger partial charge in [0.2, 0.25) is 5.91 Å². The topological polar surface area (TPSA) is 58.2 Å². The molecule has 1 aromatic carbocycles. The van der Waals surface area contributed by atoms with Crippen molar-refractivity contribution in [3.8, 4) is 0 Å². The van der Waals surface area contributed by atoms with Crippen molar-refractivity contribution in [3.63, 3.8) is 0 Å². The van der Waals surface area contributed by atoms with Crippen LogP contribution >= 0.6 is 11.8 Å². The molecule has 0 radical (unpaired) electrons. The van der Waals surface area contributed by atoms with Gasteiger partial charge in [0, 0.05) is 13.5 Å². The van der Waals surface area contributed by atoms with Gasteiger partial charge in [-0.25, -0.2) is 0 Å². The molecule has 2 N–H and O–H groups in total. The van der Waals surface area contributed by atoms with E-state index in [-0.39, 0.29) is 11.8 Å². The van der Waals surface area contributed by atoms with Gasteiger partial charge in [-0.15, -0.1) is 11.8 Å². The molecule has 98 valence electrons. The average Bonchev–Trinajstić information content (AvgIpc) is 2.36. The molecular formula is C13H18N2O2S. The molecule has 18 heavy (non-hydrogen) atoms. The fraction of sp³-hybridized carbons (Fsp3) is 0.385. The molecular weight excluding hydrogens is 248 g/mol. The number of benzene rings is 1. The van der Waals surface area contributed by atoms with Crippen LogP contribution in [0.2, 0.25) is 0 Å².